The molecular weight excluding hydrogens is 471 g/mol. The van der Waals surface area contributed by atoms with E-state index < -0.39 is 0 Å². The zero-order valence-corrected chi connectivity index (χ0v) is 21.9. The summed E-state index contributed by atoms with van der Waals surface area (Å²) in [6.07, 6.45) is 8.75. The summed E-state index contributed by atoms with van der Waals surface area (Å²) in [5, 5.41) is 1.02. The van der Waals surface area contributed by atoms with E-state index >= 15 is 0 Å². The lowest BCUT2D eigenvalue weighted by Gasteiger charge is -2.41. The number of ether oxygens (including phenoxy) is 1. The molecule has 0 N–H and O–H groups in total. The maximum Gasteiger partial charge on any atom is 0.329 e. The van der Waals surface area contributed by atoms with Gasteiger partial charge in [-0.3, -0.25) is 14.0 Å². The molecule has 2 aliphatic heterocycles. The van der Waals surface area contributed by atoms with Gasteiger partial charge in [0.05, 0.1) is 34.3 Å². The molecular formula is C26H38Cl2N4O2. The number of aromatic nitrogens is 2. The van der Waals surface area contributed by atoms with E-state index in [2.05, 4.69) is 16.7 Å². The minimum absolute atomic E-state index is 0.0727. The number of piperidine rings is 1. The van der Waals surface area contributed by atoms with Crippen LogP contribution < -0.4 is 5.69 Å². The highest BCUT2D eigenvalue weighted by atomic mass is 35.5. The molecule has 1 aromatic carbocycles. The predicted octanol–water partition coefficient (Wildman–Crippen LogP) is 5.05. The number of imidazole rings is 1. The van der Waals surface area contributed by atoms with Gasteiger partial charge >= 0.3 is 5.69 Å². The fourth-order valence-corrected chi connectivity index (χ4v) is 6.65. The number of hydrogen-bond donors (Lipinski definition) is 0. The van der Waals surface area contributed by atoms with Gasteiger partial charge in [0, 0.05) is 51.4 Å². The minimum atomic E-state index is 0.0727. The highest BCUT2D eigenvalue weighted by Crippen LogP contribution is 2.34. The van der Waals surface area contributed by atoms with Crippen LogP contribution in [0.25, 0.3) is 11.0 Å². The topological polar surface area (TPSA) is 42.6 Å². The summed E-state index contributed by atoms with van der Waals surface area (Å²) in [6, 6.07) is 4.70. The molecule has 3 fully saturated rings. The van der Waals surface area contributed by atoms with Crippen LogP contribution in [0.2, 0.25) is 10.0 Å². The smallest absolute Gasteiger partial charge is 0.329 e. The first-order valence-corrected chi connectivity index (χ1v) is 13.9. The second-order valence-corrected chi connectivity index (χ2v) is 11.2. The second kappa shape index (κ2) is 10.9. The monoisotopic (exact) mass is 508 g/mol. The molecule has 8 heteroatoms. The number of hydrogen-bond acceptors (Lipinski definition) is 4. The Kier molecular flexibility index (Phi) is 7.91. The van der Waals surface area contributed by atoms with Gasteiger partial charge in [-0.15, -0.1) is 0 Å². The van der Waals surface area contributed by atoms with Gasteiger partial charge in [0.25, 0.3) is 0 Å². The van der Waals surface area contributed by atoms with Crippen LogP contribution >= 0.6 is 23.2 Å². The average molecular weight is 510 g/mol. The van der Waals surface area contributed by atoms with Gasteiger partial charge in [0.1, 0.15) is 0 Å². The number of rotatable bonds is 6. The molecule has 3 aliphatic rings. The zero-order valence-electron chi connectivity index (χ0n) is 20.4. The highest BCUT2D eigenvalue weighted by Gasteiger charge is 2.31. The Bertz CT molecular complexity index is 1030. The molecule has 0 bridgehead atoms. The summed E-state index contributed by atoms with van der Waals surface area (Å²) >= 11 is 12.8. The SMILES string of the molecule is CCC1CCC(N2CCC(n3c(=O)n(CCN4CCOCC4)c4cc(Cl)c(Cl)cc43)CC2)CC1. The van der Waals surface area contributed by atoms with Crippen molar-refractivity contribution >= 4 is 34.2 Å². The van der Waals surface area contributed by atoms with Crippen molar-refractivity contribution in [1.29, 1.82) is 0 Å². The van der Waals surface area contributed by atoms with E-state index in [1.54, 1.807) is 0 Å². The van der Waals surface area contributed by atoms with Crippen molar-refractivity contribution in [2.75, 3.05) is 45.9 Å². The molecule has 0 unspecified atom stereocenters. The van der Waals surface area contributed by atoms with Crippen molar-refractivity contribution in [2.45, 2.75) is 70.5 Å². The van der Waals surface area contributed by atoms with E-state index in [0.29, 0.717) is 16.6 Å². The van der Waals surface area contributed by atoms with Gasteiger partial charge in [-0.25, -0.2) is 4.79 Å². The number of benzene rings is 1. The first-order valence-electron chi connectivity index (χ1n) is 13.2. The van der Waals surface area contributed by atoms with E-state index in [1.807, 2.05) is 21.3 Å². The summed E-state index contributed by atoms with van der Waals surface area (Å²) in [4.78, 5) is 18.8. The molecule has 0 radical (unpaired) electrons. The summed E-state index contributed by atoms with van der Waals surface area (Å²) in [6.45, 7) is 9.30. The van der Waals surface area contributed by atoms with Crippen LogP contribution in [0.3, 0.4) is 0 Å². The maximum absolute atomic E-state index is 13.7. The summed E-state index contributed by atoms with van der Waals surface area (Å²) in [5.74, 6) is 0.924. The normalized spacial score (nSPS) is 25.9. The van der Waals surface area contributed by atoms with Crippen LogP contribution in [0.4, 0.5) is 0 Å². The van der Waals surface area contributed by atoms with Crippen molar-refractivity contribution in [1.82, 2.24) is 18.9 Å². The summed E-state index contributed by atoms with van der Waals surface area (Å²) in [7, 11) is 0. The average Bonchev–Trinajstić information content (AvgIpc) is 3.13. The lowest BCUT2D eigenvalue weighted by molar-refractivity contribution is 0.0363. The molecule has 0 spiro atoms. The fraction of sp³-hybridized carbons (Fsp3) is 0.731. The number of likely N-dealkylation sites (tertiary alicyclic amines) is 1. The third-order valence-corrected chi connectivity index (χ3v) is 9.24. The van der Waals surface area contributed by atoms with Crippen LogP contribution in [0.15, 0.2) is 16.9 Å². The Morgan fingerprint density at radius 3 is 2.15 bits per heavy atom. The van der Waals surface area contributed by atoms with Gasteiger partial charge in [-0.05, 0) is 56.6 Å². The lowest BCUT2D eigenvalue weighted by atomic mass is 9.83. The molecule has 5 rings (SSSR count). The van der Waals surface area contributed by atoms with Crippen LogP contribution in [0.1, 0.15) is 57.9 Å². The van der Waals surface area contributed by atoms with Gasteiger partial charge in [-0.2, -0.15) is 0 Å². The molecule has 3 heterocycles. The minimum Gasteiger partial charge on any atom is -0.379 e. The van der Waals surface area contributed by atoms with Crippen LogP contribution in [-0.2, 0) is 11.3 Å². The Hall–Kier alpha value is -1.05. The molecule has 1 aliphatic carbocycles. The van der Waals surface area contributed by atoms with Gasteiger partial charge < -0.3 is 9.64 Å². The Balaban J connectivity index is 1.34. The van der Waals surface area contributed by atoms with Gasteiger partial charge in [0.15, 0.2) is 0 Å². The van der Waals surface area contributed by atoms with Crippen LogP contribution in [0.5, 0.6) is 0 Å². The molecule has 1 aromatic heterocycles. The molecule has 1 saturated carbocycles. The molecule has 2 aromatic rings. The van der Waals surface area contributed by atoms with Crippen molar-refractivity contribution in [3.8, 4) is 0 Å². The molecule has 0 atom stereocenters. The van der Waals surface area contributed by atoms with E-state index in [4.69, 9.17) is 27.9 Å². The first-order chi connectivity index (χ1) is 16.5. The quantitative estimate of drug-likeness (QED) is 0.547. The zero-order chi connectivity index (χ0) is 23.7. The summed E-state index contributed by atoms with van der Waals surface area (Å²) in [5.41, 5.74) is 1.89. The van der Waals surface area contributed by atoms with Crippen molar-refractivity contribution < 1.29 is 4.74 Å². The van der Waals surface area contributed by atoms with Crippen LogP contribution in [0, 0.1) is 5.92 Å². The Labute approximate surface area is 212 Å². The lowest BCUT2D eigenvalue weighted by Crippen LogP contribution is -2.44. The third kappa shape index (κ3) is 5.08. The molecule has 2 saturated heterocycles. The second-order valence-electron chi connectivity index (χ2n) is 10.4. The van der Waals surface area contributed by atoms with Crippen molar-refractivity contribution in [3.63, 3.8) is 0 Å². The highest BCUT2D eigenvalue weighted by molar-refractivity contribution is 6.42. The van der Waals surface area contributed by atoms with Gasteiger partial charge in [0.2, 0.25) is 0 Å². The largest absolute Gasteiger partial charge is 0.379 e. The van der Waals surface area contributed by atoms with E-state index in [1.165, 1.54) is 32.1 Å². The molecule has 6 nitrogen and oxygen atoms in total. The van der Waals surface area contributed by atoms with Crippen molar-refractivity contribution in [2.24, 2.45) is 5.92 Å². The van der Waals surface area contributed by atoms with E-state index in [9.17, 15) is 4.79 Å². The Morgan fingerprint density at radius 2 is 1.50 bits per heavy atom. The summed E-state index contributed by atoms with van der Waals surface area (Å²) < 4.78 is 9.40. The van der Waals surface area contributed by atoms with Crippen molar-refractivity contribution in [3.05, 3.63) is 32.7 Å². The Morgan fingerprint density at radius 1 is 0.853 bits per heavy atom. The number of morpholine rings is 1. The number of halogens is 2. The molecule has 0 amide bonds. The maximum atomic E-state index is 13.7. The van der Waals surface area contributed by atoms with E-state index in [-0.39, 0.29) is 11.7 Å². The molecule has 34 heavy (non-hydrogen) atoms. The van der Waals surface area contributed by atoms with E-state index in [0.717, 1.165) is 81.8 Å². The van der Waals surface area contributed by atoms with Gasteiger partial charge in [-0.1, -0.05) is 36.5 Å². The first kappa shape index (κ1) is 24.6. The fourth-order valence-electron chi connectivity index (χ4n) is 6.33. The number of fused-ring (bicyclic) bond motifs is 1. The standard InChI is InChI=1S/C26H38Cl2N4O2/c1-2-19-3-5-20(6-4-19)30-9-7-21(8-10-30)32-25-18-23(28)22(27)17-24(25)31(26(32)33)12-11-29-13-15-34-16-14-29/h17-21H,2-16H2,1H3. The van der Waals surface area contributed by atoms with Crippen LogP contribution in [-0.4, -0.2) is 70.9 Å². The number of nitrogens with zero attached hydrogens (tertiary/aromatic N) is 4. The predicted molar refractivity (Wildman–Crippen MR) is 139 cm³/mol. The third-order valence-electron chi connectivity index (χ3n) is 8.52. The molecule has 188 valence electrons.